The molecule has 0 fully saturated rings. The summed E-state index contributed by atoms with van der Waals surface area (Å²) in [4.78, 5) is 0. The fourth-order valence-electron chi connectivity index (χ4n) is 1.15. The maximum Gasteiger partial charge on any atom is 0.123 e. The Hall–Kier alpha value is -0.670. The van der Waals surface area contributed by atoms with Crippen LogP contribution in [0.5, 0.6) is 0 Å². The van der Waals surface area contributed by atoms with Crippen LogP contribution in [0.1, 0.15) is 5.56 Å². The minimum absolute atomic E-state index is 0.174. The molecule has 1 aromatic rings. The Kier molecular flexibility index (Phi) is 4.84. The molecule has 0 unspecified atom stereocenters. The van der Waals surface area contributed by atoms with Gasteiger partial charge >= 0.3 is 0 Å². The summed E-state index contributed by atoms with van der Waals surface area (Å²) in [6, 6.07) is 6.67. The average Bonchev–Trinajstić information content (AvgIpc) is 2.12. The standard InChI is InChI=1S/C11H13BrFN/c1-9(12)8-14-6-5-10-3-2-4-11(13)7-10/h2-4,7,14H,1,5-6,8H2. The van der Waals surface area contributed by atoms with Crippen molar-refractivity contribution in [1.82, 2.24) is 5.32 Å². The zero-order valence-corrected chi connectivity index (χ0v) is 9.48. The van der Waals surface area contributed by atoms with Gasteiger partial charge in [0.05, 0.1) is 0 Å². The summed E-state index contributed by atoms with van der Waals surface area (Å²) >= 11 is 3.26. The van der Waals surface area contributed by atoms with E-state index in [0.29, 0.717) is 0 Å². The zero-order chi connectivity index (χ0) is 10.4. The Bertz CT molecular complexity index is 312. The van der Waals surface area contributed by atoms with Crippen molar-refractivity contribution in [3.05, 3.63) is 46.7 Å². The molecule has 76 valence electrons. The van der Waals surface area contributed by atoms with E-state index in [-0.39, 0.29) is 5.82 Å². The fraction of sp³-hybridized carbons (Fsp3) is 0.273. The van der Waals surface area contributed by atoms with Crippen LogP contribution in [0.2, 0.25) is 0 Å². The van der Waals surface area contributed by atoms with Crippen molar-refractivity contribution in [3.63, 3.8) is 0 Å². The lowest BCUT2D eigenvalue weighted by Crippen LogP contribution is -2.18. The monoisotopic (exact) mass is 257 g/mol. The Morgan fingerprint density at radius 2 is 2.29 bits per heavy atom. The third-order valence-corrected chi connectivity index (χ3v) is 2.08. The molecule has 0 aliphatic rings. The maximum absolute atomic E-state index is 12.8. The molecular formula is C11H13BrFN. The van der Waals surface area contributed by atoms with Crippen LogP contribution < -0.4 is 5.32 Å². The van der Waals surface area contributed by atoms with Gasteiger partial charge in [-0.25, -0.2) is 4.39 Å². The smallest absolute Gasteiger partial charge is 0.123 e. The van der Waals surface area contributed by atoms with E-state index >= 15 is 0 Å². The van der Waals surface area contributed by atoms with E-state index in [9.17, 15) is 4.39 Å². The van der Waals surface area contributed by atoms with Crippen molar-refractivity contribution in [2.75, 3.05) is 13.1 Å². The van der Waals surface area contributed by atoms with Crippen LogP contribution >= 0.6 is 15.9 Å². The van der Waals surface area contributed by atoms with E-state index in [1.165, 1.54) is 6.07 Å². The van der Waals surface area contributed by atoms with Gasteiger partial charge in [0.25, 0.3) is 0 Å². The molecule has 0 bridgehead atoms. The summed E-state index contributed by atoms with van der Waals surface area (Å²) in [5.74, 6) is -0.174. The van der Waals surface area contributed by atoms with Gasteiger partial charge in [-0.1, -0.05) is 34.6 Å². The van der Waals surface area contributed by atoms with Crippen molar-refractivity contribution >= 4 is 15.9 Å². The third-order valence-electron chi connectivity index (χ3n) is 1.80. The van der Waals surface area contributed by atoms with E-state index in [4.69, 9.17) is 0 Å². The first kappa shape index (κ1) is 11.4. The quantitative estimate of drug-likeness (QED) is 0.801. The fourth-order valence-corrected chi connectivity index (χ4v) is 1.35. The first-order valence-corrected chi connectivity index (χ1v) is 5.26. The molecular weight excluding hydrogens is 245 g/mol. The molecule has 0 aliphatic carbocycles. The van der Waals surface area contributed by atoms with Gasteiger partial charge in [-0.15, -0.1) is 0 Å². The van der Waals surface area contributed by atoms with E-state index < -0.39 is 0 Å². The van der Waals surface area contributed by atoms with Crippen molar-refractivity contribution in [3.8, 4) is 0 Å². The van der Waals surface area contributed by atoms with Crippen LogP contribution in [0, 0.1) is 5.82 Å². The van der Waals surface area contributed by atoms with Crippen LogP contribution in [0.3, 0.4) is 0 Å². The molecule has 0 radical (unpaired) electrons. The number of hydrogen-bond acceptors (Lipinski definition) is 1. The second-order valence-electron chi connectivity index (χ2n) is 3.07. The van der Waals surface area contributed by atoms with Gasteiger partial charge in [0, 0.05) is 11.0 Å². The number of rotatable bonds is 5. The second kappa shape index (κ2) is 5.94. The van der Waals surface area contributed by atoms with Crippen molar-refractivity contribution in [1.29, 1.82) is 0 Å². The SMILES string of the molecule is C=C(Br)CNCCc1cccc(F)c1. The van der Waals surface area contributed by atoms with Crippen LogP contribution in [-0.2, 0) is 6.42 Å². The maximum atomic E-state index is 12.8. The molecule has 0 spiro atoms. The van der Waals surface area contributed by atoms with Gasteiger partial charge in [0.2, 0.25) is 0 Å². The molecule has 0 saturated heterocycles. The molecule has 0 amide bonds. The summed E-state index contributed by atoms with van der Waals surface area (Å²) in [5, 5.41) is 3.18. The van der Waals surface area contributed by atoms with Gasteiger partial charge in [0.1, 0.15) is 5.82 Å². The van der Waals surface area contributed by atoms with Crippen molar-refractivity contribution < 1.29 is 4.39 Å². The minimum atomic E-state index is -0.174. The molecule has 0 atom stereocenters. The predicted molar refractivity (Wildman–Crippen MR) is 61.0 cm³/mol. The highest BCUT2D eigenvalue weighted by molar-refractivity contribution is 9.11. The highest BCUT2D eigenvalue weighted by Crippen LogP contribution is 2.03. The van der Waals surface area contributed by atoms with Gasteiger partial charge in [-0.2, -0.15) is 0 Å². The number of nitrogens with one attached hydrogen (secondary N) is 1. The molecule has 1 N–H and O–H groups in total. The topological polar surface area (TPSA) is 12.0 Å². The molecule has 3 heteroatoms. The average molecular weight is 258 g/mol. The number of halogens is 2. The van der Waals surface area contributed by atoms with E-state index in [2.05, 4.69) is 27.8 Å². The normalized spacial score (nSPS) is 10.1. The van der Waals surface area contributed by atoms with E-state index in [1.54, 1.807) is 12.1 Å². The van der Waals surface area contributed by atoms with Gasteiger partial charge in [-0.3, -0.25) is 0 Å². The third kappa shape index (κ3) is 4.53. The summed E-state index contributed by atoms with van der Waals surface area (Å²) in [6.07, 6.45) is 0.831. The molecule has 14 heavy (non-hydrogen) atoms. The first-order chi connectivity index (χ1) is 6.68. The van der Waals surface area contributed by atoms with Crippen molar-refractivity contribution in [2.45, 2.75) is 6.42 Å². The van der Waals surface area contributed by atoms with E-state index in [0.717, 1.165) is 29.6 Å². The van der Waals surface area contributed by atoms with Crippen LogP contribution in [0.25, 0.3) is 0 Å². The van der Waals surface area contributed by atoms with Gasteiger partial charge < -0.3 is 5.32 Å². The Morgan fingerprint density at radius 3 is 2.93 bits per heavy atom. The Balaban J connectivity index is 2.28. The molecule has 1 rings (SSSR count). The summed E-state index contributed by atoms with van der Waals surface area (Å²) < 4.78 is 13.7. The van der Waals surface area contributed by atoms with Crippen LogP contribution in [-0.4, -0.2) is 13.1 Å². The highest BCUT2D eigenvalue weighted by atomic mass is 79.9. The largest absolute Gasteiger partial charge is 0.312 e. The Morgan fingerprint density at radius 1 is 1.50 bits per heavy atom. The first-order valence-electron chi connectivity index (χ1n) is 4.47. The van der Waals surface area contributed by atoms with Crippen LogP contribution in [0.15, 0.2) is 35.3 Å². The lowest BCUT2D eigenvalue weighted by molar-refractivity contribution is 0.624. The second-order valence-corrected chi connectivity index (χ2v) is 4.20. The molecule has 0 saturated carbocycles. The lowest BCUT2D eigenvalue weighted by Gasteiger charge is -2.03. The molecule has 1 nitrogen and oxygen atoms in total. The molecule has 0 heterocycles. The number of benzene rings is 1. The Labute approximate surface area is 92.1 Å². The summed E-state index contributed by atoms with van der Waals surface area (Å²) in [7, 11) is 0. The molecule has 1 aromatic carbocycles. The summed E-state index contributed by atoms with van der Waals surface area (Å²) in [5.41, 5.74) is 1.01. The van der Waals surface area contributed by atoms with Gasteiger partial charge in [-0.05, 0) is 30.7 Å². The molecule has 0 aliphatic heterocycles. The lowest BCUT2D eigenvalue weighted by atomic mass is 10.1. The zero-order valence-electron chi connectivity index (χ0n) is 7.89. The number of hydrogen-bond donors (Lipinski definition) is 1. The van der Waals surface area contributed by atoms with Crippen molar-refractivity contribution in [2.24, 2.45) is 0 Å². The summed E-state index contributed by atoms with van der Waals surface area (Å²) in [6.45, 7) is 5.28. The predicted octanol–water partition coefficient (Wildman–Crippen LogP) is 2.87. The highest BCUT2D eigenvalue weighted by Gasteiger charge is 1.95. The van der Waals surface area contributed by atoms with E-state index in [1.807, 2.05) is 6.07 Å². The van der Waals surface area contributed by atoms with Crippen LogP contribution in [0.4, 0.5) is 4.39 Å². The molecule has 0 aromatic heterocycles. The van der Waals surface area contributed by atoms with Gasteiger partial charge in [0.15, 0.2) is 0 Å². The minimum Gasteiger partial charge on any atom is -0.312 e.